The Bertz CT molecular complexity index is 1480. The summed E-state index contributed by atoms with van der Waals surface area (Å²) in [5.41, 5.74) is 14.1. The number of rotatable bonds is 4. The third-order valence-electron chi connectivity index (χ3n) is 7.36. The summed E-state index contributed by atoms with van der Waals surface area (Å²) in [5.74, 6) is 2.59. The van der Waals surface area contributed by atoms with Crippen molar-refractivity contribution in [3.8, 4) is 22.5 Å². The van der Waals surface area contributed by atoms with E-state index < -0.39 is 0 Å². The Kier molecular flexibility index (Phi) is 5.13. The summed E-state index contributed by atoms with van der Waals surface area (Å²) in [6.45, 7) is 4.47. The lowest BCUT2D eigenvalue weighted by molar-refractivity contribution is 0.428. The third kappa shape index (κ3) is 3.47. The predicted octanol–water partition coefficient (Wildman–Crippen LogP) is 7.30. The summed E-state index contributed by atoms with van der Waals surface area (Å²) in [5, 5.41) is 1.17. The minimum absolute atomic E-state index is 0.468. The standard InChI is InChI=1S/C29H31N5/c1-18(2)20-10-6-11-21(16-20)23-13-7-12-22-17-24(32-25(22)23)26-27-28(30)31-14-15-34(27)29(33-26)19-8-4-3-5-9-19/h6-7,10-19,32H,3-5,8-9H2,1-2H3,(H2,30,31). The number of H-pyrrole nitrogens is 1. The maximum absolute atomic E-state index is 6.41. The van der Waals surface area contributed by atoms with Crippen LogP contribution in [0.2, 0.25) is 0 Å². The van der Waals surface area contributed by atoms with E-state index in [2.05, 4.69) is 76.7 Å². The molecule has 0 bridgehead atoms. The highest BCUT2D eigenvalue weighted by molar-refractivity contribution is 5.98. The maximum atomic E-state index is 6.41. The van der Waals surface area contributed by atoms with Crippen molar-refractivity contribution < 1.29 is 0 Å². The van der Waals surface area contributed by atoms with Crippen LogP contribution in [0.3, 0.4) is 0 Å². The maximum Gasteiger partial charge on any atom is 0.150 e. The first-order chi connectivity index (χ1) is 16.6. The van der Waals surface area contributed by atoms with Gasteiger partial charge in [0.1, 0.15) is 22.9 Å². The van der Waals surface area contributed by atoms with E-state index in [-0.39, 0.29) is 0 Å². The largest absolute Gasteiger partial charge is 0.382 e. The number of anilines is 1. The van der Waals surface area contributed by atoms with Crippen LogP contribution >= 0.6 is 0 Å². The lowest BCUT2D eigenvalue weighted by atomic mass is 9.89. The topological polar surface area (TPSA) is 72.0 Å². The summed E-state index contributed by atoms with van der Waals surface area (Å²) >= 11 is 0. The zero-order valence-corrected chi connectivity index (χ0v) is 19.9. The molecule has 2 aromatic carbocycles. The molecule has 3 aromatic heterocycles. The van der Waals surface area contributed by atoms with Crippen molar-refractivity contribution >= 4 is 22.2 Å². The van der Waals surface area contributed by atoms with Gasteiger partial charge in [-0.3, -0.25) is 4.40 Å². The first-order valence-electron chi connectivity index (χ1n) is 12.4. The van der Waals surface area contributed by atoms with E-state index in [4.69, 9.17) is 10.7 Å². The number of nitrogens with two attached hydrogens (primary N) is 1. The number of nitrogens with zero attached hydrogens (tertiary/aromatic N) is 3. The molecule has 172 valence electrons. The van der Waals surface area contributed by atoms with Crippen molar-refractivity contribution in [1.82, 2.24) is 19.4 Å². The van der Waals surface area contributed by atoms with Crippen LogP contribution in [0.15, 0.2) is 60.9 Å². The summed E-state index contributed by atoms with van der Waals surface area (Å²) in [6, 6.07) is 17.5. The van der Waals surface area contributed by atoms with Crippen LogP contribution in [0.4, 0.5) is 5.82 Å². The highest BCUT2D eigenvalue weighted by Crippen LogP contribution is 2.38. The minimum atomic E-state index is 0.468. The van der Waals surface area contributed by atoms with Gasteiger partial charge in [-0.05, 0) is 36.0 Å². The van der Waals surface area contributed by atoms with Gasteiger partial charge in [0, 0.05) is 29.3 Å². The highest BCUT2D eigenvalue weighted by atomic mass is 15.1. The number of aromatic nitrogens is 4. The molecule has 5 nitrogen and oxygen atoms in total. The van der Waals surface area contributed by atoms with E-state index in [1.165, 1.54) is 54.2 Å². The van der Waals surface area contributed by atoms with Crippen molar-refractivity contribution in [3.05, 3.63) is 72.3 Å². The summed E-state index contributed by atoms with van der Waals surface area (Å²) < 4.78 is 2.17. The molecule has 3 heterocycles. The number of imidazole rings is 1. The van der Waals surface area contributed by atoms with Crippen LogP contribution in [0.25, 0.3) is 38.9 Å². The Morgan fingerprint density at radius 1 is 1.03 bits per heavy atom. The molecule has 6 rings (SSSR count). The molecule has 3 N–H and O–H groups in total. The second-order valence-electron chi connectivity index (χ2n) is 9.92. The molecule has 0 spiro atoms. The van der Waals surface area contributed by atoms with Crippen molar-refractivity contribution in [3.63, 3.8) is 0 Å². The molecule has 0 aliphatic heterocycles. The lowest BCUT2D eigenvalue weighted by Gasteiger charge is -2.20. The van der Waals surface area contributed by atoms with E-state index in [0.717, 1.165) is 28.2 Å². The number of nitrogens with one attached hydrogen (secondary N) is 1. The zero-order chi connectivity index (χ0) is 23.2. The minimum Gasteiger partial charge on any atom is -0.382 e. The van der Waals surface area contributed by atoms with Crippen LogP contribution in [0.5, 0.6) is 0 Å². The van der Waals surface area contributed by atoms with Gasteiger partial charge in [0.2, 0.25) is 0 Å². The van der Waals surface area contributed by atoms with Crippen LogP contribution in [-0.4, -0.2) is 19.4 Å². The zero-order valence-electron chi connectivity index (χ0n) is 19.9. The van der Waals surface area contributed by atoms with E-state index in [0.29, 0.717) is 17.7 Å². The molecule has 5 aromatic rings. The second-order valence-corrected chi connectivity index (χ2v) is 9.92. The lowest BCUT2D eigenvalue weighted by Crippen LogP contribution is -2.09. The monoisotopic (exact) mass is 449 g/mol. The predicted molar refractivity (Wildman–Crippen MR) is 140 cm³/mol. The summed E-state index contributed by atoms with van der Waals surface area (Å²) in [6.07, 6.45) is 10.0. The fraction of sp³-hybridized carbons (Fsp3) is 0.310. The summed E-state index contributed by atoms with van der Waals surface area (Å²) in [7, 11) is 0. The molecule has 34 heavy (non-hydrogen) atoms. The number of fused-ring (bicyclic) bond motifs is 2. The Labute approximate surface area is 200 Å². The molecule has 1 fully saturated rings. The average molecular weight is 450 g/mol. The molecular weight excluding hydrogens is 418 g/mol. The molecule has 0 radical (unpaired) electrons. The van der Waals surface area contributed by atoms with Gasteiger partial charge >= 0.3 is 0 Å². The third-order valence-corrected chi connectivity index (χ3v) is 7.36. The first kappa shape index (κ1) is 21.0. The molecule has 1 aliphatic rings. The van der Waals surface area contributed by atoms with Gasteiger partial charge in [0.15, 0.2) is 0 Å². The Hall–Kier alpha value is -3.60. The molecular formula is C29H31N5. The Balaban J connectivity index is 1.52. The number of hydrogen-bond donors (Lipinski definition) is 2. The normalized spacial score (nSPS) is 15.0. The fourth-order valence-electron chi connectivity index (χ4n) is 5.51. The number of aromatic amines is 1. The van der Waals surface area contributed by atoms with E-state index in [1.54, 1.807) is 6.20 Å². The van der Waals surface area contributed by atoms with Gasteiger partial charge in [-0.1, -0.05) is 75.6 Å². The van der Waals surface area contributed by atoms with Crippen LogP contribution < -0.4 is 5.73 Å². The molecule has 0 amide bonds. The van der Waals surface area contributed by atoms with Crippen LogP contribution in [-0.2, 0) is 0 Å². The fourth-order valence-corrected chi connectivity index (χ4v) is 5.51. The van der Waals surface area contributed by atoms with E-state index in [1.807, 2.05) is 6.20 Å². The van der Waals surface area contributed by atoms with E-state index >= 15 is 0 Å². The number of nitrogen functional groups attached to an aromatic ring is 1. The SMILES string of the molecule is CC(C)c1cccc(-c2cccc3cc(-c4nc(C5CCCCC5)n5ccnc(N)c45)[nH]c23)c1. The molecule has 0 unspecified atom stereocenters. The molecule has 1 aliphatic carbocycles. The van der Waals surface area contributed by atoms with Gasteiger partial charge in [-0.15, -0.1) is 0 Å². The Morgan fingerprint density at radius 3 is 2.68 bits per heavy atom. The molecule has 1 saturated carbocycles. The molecule has 0 saturated heterocycles. The number of para-hydroxylation sites is 1. The molecule has 5 heteroatoms. The second kappa shape index (κ2) is 8.32. The Morgan fingerprint density at radius 2 is 1.85 bits per heavy atom. The van der Waals surface area contributed by atoms with Crippen molar-refractivity contribution in [1.29, 1.82) is 0 Å². The average Bonchev–Trinajstić information content (AvgIpc) is 3.47. The van der Waals surface area contributed by atoms with Gasteiger partial charge in [0.25, 0.3) is 0 Å². The van der Waals surface area contributed by atoms with Gasteiger partial charge in [-0.25, -0.2) is 9.97 Å². The van der Waals surface area contributed by atoms with Crippen LogP contribution in [0, 0.1) is 0 Å². The first-order valence-corrected chi connectivity index (χ1v) is 12.4. The van der Waals surface area contributed by atoms with Crippen molar-refractivity contribution in [2.45, 2.75) is 57.8 Å². The quantitative estimate of drug-likeness (QED) is 0.302. The van der Waals surface area contributed by atoms with E-state index in [9.17, 15) is 0 Å². The molecule has 0 atom stereocenters. The van der Waals surface area contributed by atoms with Crippen LogP contribution in [0.1, 0.15) is 69.2 Å². The number of hydrogen-bond acceptors (Lipinski definition) is 3. The smallest absolute Gasteiger partial charge is 0.150 e. The highest BCUT2D eigenvalue weighted by Gasteiger charge is 2.25. The van der Waals surface area contributed by atoms with Gasteiger partial charge in [-0.2, -0.15) is 0 Å². The van der Waals surface area contributed by atoms with Gasteiger partial charge in [0.05, 0.1) is 11.2 Å². The van der Waals surface area contributed by atoms with Crippen molar-refractivity contribution in [2.75, 3.05) is 5.73 Å². The van der Waals surface area contributed by atoms with Crippen molar-refractivity contribution in [2.24, 2.45) is 0 Å². The van der Waals surface area contributed by atoms with Gasteiger partial charge < -0.3 is 10.7 Å². The summed E-state index contributed by atoms with van der Waals surface area (Å²) in [4.78, 5) is 13.3. The number of benzene rings is 2.